The number of carbonyl (C=O) groups is 1. The second kappa shape index (κ2) is 10.1. The van der Waals surface area contributed by atoms with Gasteiger partial charge in [-0.05, 0) is 80.0 Å². The van der Waals surface area contributed by atoms with Crippen LogP contribution in [0.3, 0.4) is 0 Å². The Morgan fingerprint density at radius 1 is 1.12 bits per heavy atom. The van der Waals surface area contributed by atoms with E-state index < -0.39 is 17.4 Å². The molecule has 0 aliphatic heterocycles. The number of hydrogen-bond acceptors (Lipinski definition) is 3. The van der Waals surface area contributed by atoms with E-state index in [1.165, 1.54) is 36.2 Å². The minimum absolute atomic E-state index is 0. The fraction of sp³-hybridized carbons (Fsp3) is 0.370. The van der Waals surface area contributed by atoms with Gasteiger partial charge in [0.05, 0.1) is 0 Å². The molecule has 0 bridgehead atoms. The summed E-state index contributed by atoms with van der Waals surface area (Å²) < 4.78 is 20.0. The Morgan fingerprint density at radius 3 is 2.58 bits per heavy atom. The molecule has 2 N–H and O–H groups in total. The van der Waals surface area contributed by atoms with E-state index >= 15 is 0 Å². The lowest BCUT2D eigenvalue weighted by molar-refractivity contribution is -0.152. The van der Waals surface area contributed by atoms with Crippen LogP contribution >= 0.6 is 12.4 Å². The smallest absolute Gasteiger partial charge is 0.347 e. The second-order valence-corrected chi connectivity index (χ2v) is 9.27. The molecule has 3 atom stereocenters. The molecule has 1 aliphatic carbocycles. The molecule has 3 aromatic rings. The third kappa shape index (κ3) is 5.48. The van der Waals surface area contributed by atoms with E-state index in [0.29, 0.717) is 6.04 Å². The first-order valence-corrected chi connectivity index (χ1v) is 11.2. The topological polar surface area (TPSA) is 58.6 Å². The van der Waals surface area contributed by atoms with Gasteiger partial charge in [-0.2, -0.15) is 0 Å². The van der Waals surface area contributed by atoms with Crippen LogP contribution in [0.25, 0.3) is 10.8 Å². The maximum absolute atomic E-state index is 14.6. The number of aliphatic carboxylic acids is 1. The van der Waals surface area contributed by atoms with Crippen LogP contribution in [0.2, 0.25) is 0 Å². The summed E-state index contributed by atoms with van der Waals surface area (Å²) in [6, 6.07) is 20.3. The first-order valence-electron chi connectivity index (χ1n) is 11.2. The zero-order valence-corrected chi connectivity index (χ0v) is 20.0. The average Bonchev–Trinajstić information content (AvgIpc) is 3.23. The molecular weight excluding hydrogens is 441 g/mol. The molecule has 176 valence electrons. The van der Waals surface area contributed by atoms with Crippen molar-refractivity contribution in [1.82, 2.24) is 5.32 Å². The Labute approximate surface area is 200 Å². The molecule has 6 heteroatoms. The van der Waals surface area contributed by atoms with Crippen LogP contribution in [0.5, 0.6) is 5.75 Å². The molecule has 0 amide bonds. The molecule has 0 heterocycles. The summed E-state index contributed by atoms with van der Waals surface area (Å²) >= 11 is 0. The van der Waals surface area contributed by atoms with Crippen LogP contribution in [0.1, 0.15) is 63.1 Å². The predicted molar refractivity (Wildman–Crippen MR) is 132 cm³/mol. The van der Waals surface area contributed by atoms with E-state index in [-0.39, 0.29) is 30.1 Å². The highest BCUT2D eigenvalue weighted by Gasteiger charge is 2.31. The maximum atomic E-state index is 14.6. The molecule has 1 fully saturated rings. The van der Waals surface area contributed by atoms with E-state index in [1.54, 1.807) is 6.07 Å². The van der Waals surface area contributed by atoms with Crippen molar-refractivity contribution in [2.45, 2.75) is 63.6 Å². The van der Waals surface area contributed by atoms with Crippen molar-refractivity contribution < 1.29 is 19.0 Å². The highest BCUT2D eigenvalue weighted by Crippen LogP contribution is 2.37. The van der Waals surface area contributed by atoms with Gasteiger partial charge in [0.25, 0.3) is 0 Å². The van der Waals surface area contributed by atoms with Crippen molar-refractivity contribution in [3.8, 4) is 5.75 Å². The number of halogens is 2. The van der Waals surface area contributed by atoms with E-state index in [0.717, 1.165) is 24.8 Å². The highest BCUT2D eigenvalue weighted by atomic mass is 35.5. The minimum atomic E-state index is -1.48. The van der Waals surface area contributed by atoms with Gasteiger partial charge >= 0.3 is 5.97 Å². The van der Waals surface area contributed by atoms with Crippen LogP contribution in [0.4, 0.5) is 4.39 Å². The third-order valence-corrected chi connectivity index (χ3v) is 6.52. The van der Waals surface area contributed by atoms with Crippen LogP contribution in [-0.2, 0) is 4.79 Å². The lowest BCUT2D eigenvalue weighted by atomic mass is 9.96. The number of fused-ring (bicyclic) bond motifs is 1. The Bertz CT molecular complexity index is 1130. The molecular formula is C27H31ClFNO3. The van der Waals surface area contributed by atoms with Crippen molar-refractivity contribution in [3.63, 3.8) is 0 Å². The standard InChI is InChI=1S/C27H30FNO3.ClH/c1-17(22-10-6-8-18-7-4-5-9-23(18)22)29-21-13-11-19(15-21)20-12-14-25(24(28)16-20)32-27(2,3)26(30)31;/h4-10,12,14,16-17,19,21,29H,11,13,15H2,1-3H3,(H,30,31);1H/t17-,19-,21+;/m1./s1. The van der Waals surface area contributed by atoms with Crippen molar-refractivity contribution in [3.05, 3.63) is 77.6 Å². The van der Waals surface area contributed by atoms with Gasteiger partial charge in [-0.25, -0.2) is 9.18 Å². The fourth-order valence-electron chi connectivity index (χ4n) is 4.68. The Balaban J connectivity index is 0.00000306. The normalized spacial score (nSPS) is 19.2. The van der Waals surface area contributed by atoms with Gasteiger partial charge in [-0.3, -0.25) is 0 Å². The molecule has 1 aliphatic rings. The quantitative estimate of drug-likeness (QED) is 0.406. The monoisotopic (exact) mass is 471 g/mol. The molecule has 0 spiro atoms. The van der Waals surface area contributed by atoms with E-state index in [2.05, 4.69) is 54.7 Å². The summed E-state index contributed by atoms with van der Waals surface area (Å²) in [7, 11) is 0. The zero-order valence-electron chi connectivity index (χ0n) is 19.2. The van der Waals surface area contributed by atoms with Crippen molar-refractivity contribution in [2.75, 3.05) is 0 Å². The summed E-state index contributed by atoms with van der Waals surface area (Å²) in [5.41, 5.74) is 0.743. The van der Waals surface area contributed by atoms with Crippen molar-refractivity contribution in [2.24, 2.45) is 0 Å². The Hall–Kier alpha value is -2.63. The van der Waals surface area contributed by atoms with Gasteiger partial charge in [-0.15, -0.1) is 12.4 Å². The summed E-state index contributed by atoms with van der Waals surface area (Å²) in [5.74, 6) is -1.41. The molecule has 0 aromatic heterocycles. The van der Waals surface area contributed by atoms with Gasteiger partial charge in [0.2, 0.25) is 0 Å². The fourth-order valence-corrected chi connectivity index (χ4v) is 4.68. The number of ether oxygens (including phenoxy) is 1. The number of hydrogen-bond donors (Lipinski definition) is 2. The molecule has 0 radical (unpaired) electrons. The molecule has 3 aromatic carbocycles. The summed E-state index contributed by atoms with van der Waals surface area (Å²) in [6.45, 7) is 5.02. The van der Waals surface area contributed by atoms with Gasteiger partial charge in [-0.1, -0.05) is 48.5 Å². The zero-order chi connectivity index (χ0) is 22.9. The van der Waals surface area contributed by atoms with Gasteiger partial charge in [0.1, 0.15) is 0 Å². The highest BCUT2D eigenvalue weighted by molar-refractivity contribution is 5.86. The number of carboxylic acids is 1. The maximum Gasteiger partial charge on any atom is 0.347 e. The lowest BCUT2D eigenvalue weighted by Gasteiger charge is -2.23. The van der Waals surface area contributed by atoms with Gasteiger partial charge < -0.3 is 15.2 Å². The van der Waals surface area contributed by atoms with Crippen LogP contribution in [0, 0.1) is 5.82 Å². The summed E-state index contributed by atoms with van der Waals surface area (Å²) in [6.07, 6.45) is 2.96. The van der Waals surface area contributed by atoms with Crippen molar-refractivity contribution >= 4 is 29.1 Å². The van der Waals surface area contributed by atoms with E-state index in [4.69, 9.17) is 4.74 Å². The summed E-state index contributed by atoms with van der Waals surface area (Å²) in [4.78, 5) is 11.3. The summed E-state index contributed by atoms with van der Waals surface area (Å²) in [5, 5.41) is 15.5. The van der Waals surface area contributed by atoms with Gasteiger partial charge in [0.15, 0.2) is 17.2 Å². The Kier molecular flexibility index (Phi) is 7.65. The first-order chi connectivity index (χ1) is 15.2. The largest absolute Gasteiger partial charge is 0.478 e. The van der Waals surface area contributed by atoms with Gasteiger partial charge in [0, 0.05) is 12.1 Å². The average molecular weight is 472 g/mol. The first kappa shape index (κ1) is 25.0. The third-order valence-electron chi connectivity index (χ3n) is 6.52. The number of benzene rings is 3. The molecule has 4 rings (SSSR count). The molecule has 33 heavy (non-hydrogen) atoms. The molecule has 0 unspecified atom stereocenters. The SMILES string of the molecule is C[C@@H](N[C@H]1CC[C@@H](c2ccc(OC(C)(C)C(=O)O)c(F)c2)C1)c1cccc2ccccc12.Cl. The van der Waals surface area contributed by atoms with Crippen LogP contribution in [-0.4, -0.2) is 22.7 Å². The predicted octanol–water partition coefficient (Wildman–Crippen LogP) is 6.63. The van der Waals surface area contributed by atoms with Crippen molar-refractivity contribution in [1.29, 1.82) is 0 Å². The number of rotatable bonds is 7. The molecule has 1 saturated carbocycles. The van der Waals surface area contributed by atoms with Crippen LogP contribution < -0.4 is 10.1 Å². The molecule has 4 nitrogen and oxygen atoms in total. The number of nitrogens with one attached hydrogen (secondary N) is 1. The second-order valence-electron chi connectivity index (χ2n) is 9.27. The molecule has 0 saturated heterocycles. The number of carboxylic acid groups (broad SMARTS) is 1. The lowest BCUT2D eigenvalue weighted by Crippen LogP contribution is -2.38. The Morgan fingerprint density at radius 2 is 1.85 bits per heavy atom. The van der Waals surface area contributed by atoms with E-state index in [9.17, 15) is 14.3 Å². The minimum Gasteiger partial charge on any atom is -0.478 e. The van der Waals surface area contributed by atoms with Crippen LogP contribution in [0.15, 0.2) is 60.7 Å². The van der Waals surface area contributed by atoms with E-state index in [1.807, 2.05) is 6.07 Å².